The molecule has 2 atom stereocenters. The summed E-state index contributed by atoms with van der Waals surface area (Å²) in [4.78, 5) is 25.6. The minimum absolute atomic E-state index is 0.0568. The number of allylic oxidation sites excluding steroid dienone is 1. The van der Waals surface area contributed by atoms with Crippen LogP contribution in [-0.2, 0) is 12.8 Å². The number of carbonyl (C=O) groups excluding carboxylic acids is 1. The van der Waals surface area contributed by atoms with Gasteiger partial charge in [0.25, 0.3) is 0 Å². The van der Waals surface area contributed by atoms with Crippen molar-refractivity contribution in [2.75, 3.05) is 0 Å². The highest BCUT2D eigenvalue weighted by molar-refractivity contribution is 6.11. The maximum absolute atomic E-state index is 13.2. The average molecular weight is 415 g/mol. The molecular formula is C28H30O3. The molecule has 1 aliphatic rings. The lowest BCUT2D eigenvalue weighted by atomic mass is 9.78. The molecule has 1 aliphatic carbocycles. The van der Waals surface area contributed by atoms with Crippen molar-refractivity contribution in [2.45, 2.75) is 59.3 Å². The van der Waals surface area contributed by atoms with Gasteiger partial charge in [-0.2, -0.15) is 0 Å². The number of aryl methyl sites for hydroxylation is 2. The Morgan fingerprint density at radius 1 is 1.19 bits per heavy atom. The zero-order valence-electron chi connectivity index (χ0n) is 18.8. The van der Waals surface area contributed by atoms with Crippen LogP contribution in [0.15, 0.2) is 51.7 Å². The van der Waals surface area contributed by atoms with Gasteiger partial charge in [0.05, 0.1) is 5.56 Å². The van der Waals surface area contributed by atoms with Gasteiger partial charge in [0.15, 0.2) is 5.78 Å². The molecule has 160 valence electrons. The van der Waals surface area contributed by atoms with E-state index in [1.165, 1.54) is 5.56 Å². The Bertz CT molecular complexity index is 1210. The Morgan fingerprint density at radius 3 is 2.65 bits per heavy atom. The van der Waals surface area contributed by atoms with Crippen molar-refractivity contribution in [2.24, 2.45) is 5.92 Å². The molecule has 0 saturated heterocycles. The van der Waals surface area contributed by atoms with Crippen molar-refractivity contribution in [1.82, 2.24) is 0 Å². The van der Waals surface area contributed by atoms with Gasteiger partial charge in [-0.25, -0.2) is 4.79 Å². The number of Topliss-reactive ketones (excluding diaryl/α,β-unsaturated/α-hetero) is 1. The fourth-order valence-electron chi connectivity index (χ4n) is 4.82. The quantitative estimate of drug-likeness (QED) is 0.440. The number of carbonyl (C=O) groups is 1. The Morgan fingerprint density at radius 2 is 1.94 bits per heavy atom. The molecule has 1 heterocycles. The highest BCUT2D eigenvalue weighted by Crippen LogP contribution is 2.38. The van der Waals surface area contributed by atoms with Crippen LogP contribution in [0.4, 0.5) is 0 Å². The molecule has 3 heteroatoms. The predicted molar refractivity (Wildman–Crippen MR) is 127 cm³/mol. The van der Waals surface area contributed by atoms with Crippen LogP contribution in [0, 0.1) is 12.8 Å². The van der Waals surface area contributed by atoms with E-state index in [0.29, 0.717) is 11.1 Å². The smallest absolute Gasteiger partial charge is 0.336 e. The van der Waals surface area contributed by atoms with Crippen molar-refractivity contribution in [1.29, 1.82) is 0 Å². The first kappa shape index (κ1) is 21.3. The molecule has 1 aromatic heterocycles. The largest absolute Gasteiger partial charge is 0.422 e. The van der Waals surface area contributed by atoms with E-state index in [1.807, 2.05) is 13.0 Å². The summed E-state index contributed by atoms with van der Waals surface area (Å²) in [5.74, 6) is 0.293. The van der Waals surface area contributed by atoms with Crippen LogP contribution in [0.2, 0.25) is 0 Å². The number of rotatable bonds is 5. The highest BCUT2D eigenvalue weighted by Gasteiger charge is 2.31. The van der Waals surface area contributed by atoms with Crippen molar-refractivity contribution in [3.8, 4) is 0 Å². The highest BCUT2D eigenvalue weighted by atomic mass is 16.4. The van der Waals surface area contributed by atoms with E-state index in [2.05, 4.69) is 57.2 Å². The molecule has 0 amide bonds. The molecular weight excluding hydrogens is 384 g/mol. The van der Waals surface area contributed by atoms with Crippen LogP contribution in [0.3, 0.4) is 0 Å². The van der Waals surface area contributed by atoms with Crippen molar-refractivity contribution >= 4 is 22.8 Å². The van der Waals surface area contributed by atoms with Crippen LogP contribution >= 0.6 is 0 Å². The predicted octanol–water partition coefficient (Wildman–Crippen LogP) is 6.64. The van der Waals surface area contributed by atoms with Crippen molar-refractivity contribution in [3.63, 3.8) is 0 Å². The lowest BCUT2D eigenvalue weighted by Gasteiger charge is -2.25. The van der Waals surface area contributed by atoms with E-state index >= 15 is 0 Å². The first-order chi connectivity index (χ1) is 14.9. The van der Waals surface area contributed by atoms with Gasteiger partial charge in [-0.05, 0) is 59.9 Å². The molecule has 0 N–H and O–H groups in total. The van der Waals surface area contributed by atoms with Crippen LogP contribution in [-0.4, -0.2) is 5.78 Å². The Labute approximate surface area is 183 Å². The number of ketones is 1. The fraction of sp³-hybridized carbons (Fsp3) is 0.357. The molecule has 0 aliphatic heterocycles. The van der Waals surface area contributed by atoms with Gasteiger partial charge in [0, 0.05) is 17.4 Å². The van der Waals surface area contributed by atoms with Gasteiger partial charge in [-0.15, -0.1) is 0 Å². The second-order valence-corrected chi connectivity index (χ2v) is 8.80. The summed E-state index contributed by atoms with van der Waals surface area (Å²) in [6, 6.07) is 12.0. The molecule has 3 aromatic rings. The SMILES string of the molecule is CCCc1cc(=O)oc2c3c(c(/C=C\C(C)c4ccccc4)c(C)c12)CCC(C)C3=O. The lowest BCUT2D eigenvalue weighted by Crippen LogP contribution is -2.22. The molecule has 0 spiro atoms. The second kappa shape index (κ2) is 8.66. The molecule has 0 saturated carbocycles. The lowest BCUT2D eigenvalue weighted by molar-refractivity contribution is 0.0914. The Balaban J connectivity index is 1.97. The number of fused-ring (bicyclic) bond motifs is 3. The Kier molecular flexibility index (Phi) is 5.95. The Hall–Kier alpha value is -2.94. The number of benzene rings is 2. The normalized spacial score (nSPS) is 17.3. The van der Waals surface area contributed by atoms with Crippen molar-refractivity contribution < 1.29 is 9.21 Å². The van der Waals surface area contributed by atoms with Gasteiger partial charge in [0.2, 0.25) is 0 Å². The third-order valence-corrected chi connectivity index (χ3v) is 6.59. The summed E-state index contributed by atoms with van der Waals surface area (Å²) < 4.78 is 5.70. The fourth-order valence-corrected chi connectivity index (χ4v) is 4.82. The van der Waals surface area contributed by atoms with Crippen LogP contribution in [0.1, 0.15) is 77.7 Å². The monoisotopic (exact) mass is 414 g/mol. The van der Waals surface area contributed by atoms with Crippen molar-refractivity contribution in [3.05, 3.63) is 86.3 Å². The van der Waals surface area contributed by atoms with Gasteiger partial charge >= 0.3 is 5.63 Å². The molecule has 0 fully saturated rings. The minimum Gasteiger partial charge on any atom is -0.422 e. The number of hydrogen-bond donors (Lipinski definition) is 0. The summed E-state index contributed by atoms with van der Waals surface area (Å²) in [7, 11) is 0. The summed E-state index contributed by atoms with van der Waals surface area (Å²) in [6.07, 6.45) is 7.75. The molecule has 3 nitrogen and oxygen atoms in total. The standard InChI is InChI=1S/C28H30O3/c1-5-9-21-16-24(29)31-28-25(21)19(4)22(23-15-13-18(3)27(30)26(23)28)14-12-17(2)20-10-7-6-8-11-20/h6-8,10-12,14,16-18H,5,9,13,15H2,1-4H3/b14-12-. The van der Waals surface area contributed by atoms with E-state index in [1.54, 1.807) is 6.07 Å². The topological polar surface area (TPSA) is 47.3 Å². The molecule has 31 heavy (non-hydrogen) atoms. The summed E-state index contributed by atoms with van der Waals surface area (Å²) in [5, 5.41) is 0.940. The van der Waals surface area contributed by atoms with E-state index in [0.717, 1.165) is 53.3 Å². The van der Waals surface area contributed by atoms with E-state index in [9.17, 15) is 9.59 Å². The van der Waals surface area contributed by atoms with E-state index in [-0.39, 0.29) is 23.2 Å². The average Bonchev–Trinajstić information content (AvgIpc) is 2.76. The summed E-state index contributed by atoms with van der Waals surface area (Å²) in [5.41, 5.74) is 6.22. The second-order valence-electron chi connectivity index (χ2n) is 8.80. The molecule has 4 rings (SSSR count). The third-order valence-electron chi connectivity index (χ3n) is 6.59. The number of hydrogen-bond acceptors (Lipinski definition) is 3. The van der Waals surface area contributed by atoms with Crippen LogP contribution in [0.25, 0.3) is 17.0 Å². The van der Waals surface area contributed by atoms with Gasteiger partial charge in [0.1, 0.15) is 5.58 Å². The summed E-state index contributed by atoms with van der Waals surface area (Å²) in [6.45, 7) is 8.35. The molecule has 2 unspecified atom stereocenters. The molecule has 0 bridgehead atoms. The first-order valence-corrected chi connectivity index (χ1v) is 11.3. The minimum atomic E-state index is -0.371. The zero-order chi connectivity index (χ0) is 22.1. The molecule has 2 aromatic carbocycles. The zero-order valence-corrected chi connectivity index (χ0v) is 18.8. The molecule has 0 radical (unpaired) electrons. The maximum Gasteiger partial charge on any atom is 0.336 e. The van der Waals surface area contributed by atoms with Crippen LogP contribution < -0.4 is 5.63 Å². The van der Waals surface area contributed by atoms with Gasteiger partial charge in [-0.3, -0.25) is 4.79 Å². The van der Waals surface area contributed by atoms with Gasteiger partial charge < -0.3 is 4.42 Å². The van der Waals surface area contributed by atoms with E-state index < -0.39 is 0 Å². The summed E-state index contributed by atoms with van der Waals surface area (Å²) >= 11 is 0. The third kappa shape index (κ3) is 3.89. The van der Waals surface area contributed by atoms with Crippen LogP contribution in [0.5, 0.6) is 0 Å². The maximum atomic E-state index is 13.2. The van der Waals surface area contributed by atoms with Gasteiger partial charge in [-0.1, -0.05) is 69.7 Å². The van der Waals surface area contributed by atoms with E-state index in [4.69, 9.17) is 4.42 Å². The first-order valence-electron chi connectivity index (χ1n) is 11.3.